The van der Waals surface area contributed by atoms with Gasteiger partial charge in [0.05, 0.1) is 4.92 Å². The minimum absolute atomic E-state index is 0.271. The summed E-state index contributed by atoms with van der Waals surface area (Å²) in [6.45, 7) is 1.80. The van der Waals surface area contributed by atoms with Crippen molar-refractivity contribution < 1.29 is 4.92 Å². The van der Waals surface area contributed by atoms with Crippen molar-refractivity contribution in [3.8, 4) is 0 Å². The largest absolute Gasteiger partial charge is 0.259 e. The molecular weight excluding hydrogens is 202 g/mol. The first kappa shape index (κ1) is 10.9. The highest BCUT2D eigenvalue weighted by Crippen LogP contribution is 2.40. The van der Waals surface area contributed by atoms with Gasteiger partial charge in [0.2, 0.25) is 5.70 Å². The summed E-state index contributed by atoms with van der Waals surface area (Å²) in [6, 6.07) is 8.07. The Bertz CT molecular complexity index is 433. The van der Waals surface area contributed by atoms with Gasteiger partial charge in [-0.1, -0.05) is 31.2 Å². The lowest BCUT2D eigenvalue weighted by molar-refractivity contribution is -0.425. The Balaban J connectivity index is 2.25. The number of allylic oxidation sites excluding steroid dienone is 1. The van der Waals surface area contributed by atoms with Crippen molar-refractivity contribution in [2.75, 3.05) is 0 Å². The van der Waals surface area contributed by atoms with Crippen molar-refractivity contribution in [2.45, 2.75) is 32.1 Å². The van der Waals surface area contributed by atoms with Crippen LogP contribution in [0, 0.1) is 10.1 Å². The van der Waals surface area contributed by atoms with Crippen LogP contribution >= 0.6 is 0 Å². The molecule has 1 aromatic carbocycles. The Kier molecular flexibility index (Phi) is 3.04. The van der Waals surface area contributed by atoms with Gasteiger partial charge >= 0.3 is 0 Å². The molecule has 1 aliphatic carbocycles. The van der Waals surface area contributed by atoms with Gasteiger partial charge in [0, 0.05) is 12.5 Å². The van der Waals surface area contributed by atoms with Crippen LogP contribution < -0.4 is 0 Å². The Hall–Kier alpha value is -1.64. The molecular formula is C13H15NO2. The van der Waals surface area contributed by atoms with Gasteiger partial charge in [-0.15, -0.1) is 0 Å². The van der Waals surface area contributed by atoms with Gasteiger partial charge in [-0.2, -0.15) is 0 Å². The molecule has 0 spiro atoms. The third-order valence-corrected chi connectivity index (χ3v) is 2.89. The van der Waals surface area contributed by atoms with Gasteiger partial charge in [0.1, 0.15) is 0 Å². The first-order chi connectivity index (χ1) is 7.70. The van der Waals surface area contributed by atoms with Crippen LogP contribution in [0.1, 0.15) is 43.2 Å². The normalized spacial score (nSPS) is 16.2. The Morgan fingerprint density at radius 3 is 2.88 bits per heavy atom. The molecule has 3 heteroatoms. The van der Waals surface area contributed by atoms with Crippen LogP contribution in [0.3, 0.4) is 0 Å². The minimum atomic E-state index is -0.302. The molecule has 3 nitrogen and oxygen atoms in total. The molecule has 84 valence electrons. The molecule has 0 amide bonds. The van der Waals surface area contributed by atoms with E-state index in [0.29, 0.717) is 12.3 Å². The van der Waals surface area contributed by atoms with Gasteiger partial charge in [-0.3, -0.25) is 10.1 Å². The van der Waals surface area contributed by atoms with E-state index in [-0.39, 0.29) is 10.6 Å². The maximum absolute atomic E-state index is 10.7. The fourth-order valence-electron chi connectivity index (χ4n) is 1.80. The molecule has 16 heavy (non-hydrogen) atoms. The van der Waals surface area contributed by atoms with Crippen LogP contribution in [-0.2, 0) is 0 Å². The van der Waals surface area contributed by atoms with E-state index in [1.165, 1.54) is 18.4 Å². The zero-order chi connectivity index (χ0) is 11.5. The van der Waals surface area contributed by atoms with E-state index in [0.717, 1.165) is 5.56 Å². The molecule has 1 saturated carbocycles. The van der Waals surface area contributed by atoms with Crippen molar-refractivity contribution in [3.05, 3.63) is 51.2 Å². The quantitative estimate of drug-likeness (QED) is 0.571. The van der Waals surface area contributed by atoms with Gasteiger partial charge in [-0.25, -0.2) is 0 Å². The van der Waals surface area contributed by atoms with E-state index in [1.807, 2.05) is 12.1 Å². The fraction of sp³-hybridized carbons (Fsp3) is 0.385. The van der Waals surface area contributed by atoms with Crippen LogP contribution in [0.4, 0.5) is 0 Å². The van der Waals surface area contributed by atoms with Crippen LogP contribution in [0.2, 0.25) is 0 Å². The molecule has 0 radical (unpaired) electrons. The maximum atomic E-state index is 10.7. The molecule has 0 heterocycles. The lowest BCUT2D eigenvalue weighted by Gasteiger charge is -2.00. The summed E-state index contributed by atoms with van der Waals surface area (Å²) in [7, 11) is 0. The van der Waals surface area contributed by atoms with E-state index in [1.54, 1.807) is 13.0 Å². The third kappa shape index (κ3) is 2.48. The zero-order valence-corrected chi connectivity index (χ0v) is 9.35. The predicted molar refractivity (Wildman–Crippen MR) is 63.7 cm³/mol. The molecule has 2 rings (SSSR count). The lowest BCUT2D eigenvalue weighted by Crippen LogP contribution is -1.96. The van der Waals surface area contributed by atoms with E-state index in [9.17, 15) is 10.1 Å². The highest BCUT2D eigenvalue weighted by Gasteiger charge is 2.23. The molecule has 0 saturated heterocycles. The predicted octanol–water partition coefficient (Wildman–Crippen LogP) is 3.59. The molecule has 0 bridgehead atoms. The molecule has 1 fully saturated rings. The molecule has 1 aromatic rings. The Labute approximate surface area is 94.9 Å². The van der Waals surface area contributed by atoms with Gasteiger partial charge in [0.15, 0.2) is 0 Å². The average molecular weight is 217 g/mol. The number of nitrogens with zero attached hydrogens (tertiary/aromatic N) is 1. The summed E-state index contributed by atoms with van der Waals surface area (Å²) in [5.74, 6) is 0.689. The molecule has 0 aromatic heterocycles. The summed E-state index contributed by atoms with van der Waals surface area (Å²) in [4.78, 5) is 10.4. The van der Waals surface area contributed by atoms with Crippen LogP contribution in [0.5, 0.6) is 0 Å². The van der Waals surface area contributed by atoms with Crippen molar-refractivity contribution in [2.24, 2.45) is 0 Å². The van der Waals surface area contributed by atoms with Crippen LogP contribution in [0.15, 0.2) is 30.0 Å². The summed E-state index contributed by atoms with van der Waals surface area (Å²) in [5, 5.41) is 10.7. The highest BCUT2D eigenvalue weighted by molar-refractivity contribution is 5.52. The molecule has 0 unspecified atom stereocenters. The Morgan fingerprint density at radius 1 is 1.56 bits per heavy atom. The maximum Gasteiger partial charge on any atom is 0.246 e. The topological polar surface area (TPSA) is 43.1 Å². The van der Waals surface area contributed by atoms with E-state index >= 15 is 0 Å². The van der Waals surface area contributed by atoms with Gasteiger partial charge < -0.3 is 0 Å². The number of hydrogen-bond acceptors (Lipinski definition) is 2. The number of rotatable bonds is 4. The smallest absolute Gasteiger partial charge is 0.246 e. The molecule has 0 aliphatic heterocycles. The fourth-order valence-corrected chi connectivity index (χ4v) is 1.80. The zero-order valence-electron chi connectivity index (χ0n) is 9.35. The SMILES string of the molecule is CCC(=Cc1cccc(C2CC2)c1)[N+](=O)[O-]. The standard InChI is InChI=1S/C13H15NO2/c1-2-13(14(15)16)9-10-4-3-5-12(8-10)11-6-7-11/h3-5,8-9,11H,2,6-7H2,1H3. The second-order valence-corrected chi connectivity index (χ2v) is 4.19. The van der Waals surface area contributed by atoms with Crippen molar-refractivity contribution in [1.82, 2.24) is 0 Å². The lowest BCUT2D eigenvalue weighted by atomic mass is 10.1. The molecule has 1 aliphatic rings. The minimum Gasteiger partial charge on any atom is -0.259 e. The number of nitro groups is 1. The van der Waals surface area contributed by atoms with Crippen LogP contribution in [-0.4, -0.2) is 4.92 Å². The van der Waals surface area contributed by atoms with Gasteiger partial charge in [0.25, 0.3) is 0 Å². The number of benzene rings is 1. The second kappa shape index (κ2) is 4.47. The van der Waals surface area contributed by atoms with Crippen LogP contribution in [0.25, 0.3) is 6.08 Å². The number of hydrogen-bond donors (Lipinski definition) is 0. The summed E-state index contributed by atoms with van der Waals surface area (Å²) >= 11 is 0. The second-order valence-electron chi connectivity index (χ2n) is 4.19. The first-order valence-corrected chi connectivity index (χ1v) is 5.65. The first-order valence-electron chi connectivity index (χ1n) is 5.65. The van der Waals surface area contributed by atoms with E-state index < -0.39 is 0 Å². The summed E-state index contributed by atoms with van der Waals surface area (Å²) in [6.07, 6.45) is 4.64. The average Bonchev–Trinajstić information content (AvgIpc) is 3.09. The van der Waals surface area contributed by atoms with Crippen molar-refractivity contribution >= 4 is 6.08 Å². The molecule has 0 atom stereocenters. The Morgan fingerprint density at radius 2 is 2.31 bits per heavy atom. The van der Waals surface area contributed by atoms with E-state index in [4.69, 9.17) is 0 Å². The summed E-state index contributed by atoms with van der Waals surface area (Å²) < 4.78 is 0. The molecule has 0 N–H and O–H groups in total. The van der Waals surface area contributed by atoms with Crippen molar-refractivity contribution in [1.29, 1.82) is 0 Å². The highest BCUT2D eigenvalue weighted by atomic mass is 16.6. The summed E-state index contributed by atoms with van der Waals surface area (Å²) in [5.41, 5.74) is 2.53. The van der Waals surface area contributed by atoms with E-state index in [2.05, 4.69) is 12.1 Å². The van der Waals surface area contributed by atoms with Crippen molar-refractivity contribution in [3.63, 3.8) is 0 Å². The monoisotopic (exact) mass is 217 g/mol. The van der Waals surface area contributed by atoms with Gasteiger partial charge in [-0.05, 0) is 29.9 Å². The third-order valence-electron chi connectivity index (χ3n) is 2.89.